The molecule has 0 spiro atoms. The number of rotatable bonds is 5. The van der Waals surface area contributed by atoms with E-state index in [4.69, 9.17) is 4.74 Å². The highest BCUT2D eigenvalue weighted by molar-refractivity contribution is 9.10. The smallest absolute Gasteiger partial charge is 0.312 e. The molecule has 2 aromatic rings. The van der Waals surface area contributed by atoms with E-state index in [9.17, 15) is 10.1 Å². The van der Waals surface area contributed by atoms with E-state index in [1.54, 1.807) is 14.0 Å². The van der Waals surface area contributed by atoms with E-state index in [0.29, 0.717) is 16.7 Å². The summed E-state index contributed by atoms with van der Waals surface area (Å²) in [6.07, 6.45) is 0. The van der Waals surface area contributed by atoms with E-state index in [1.165, 1.54) is 6.07 Å². The molecule has 1 aromatic carbocycles. The molecule has 1 aromatic heterocycles. The lowest BCUT2D eigenvalue weighted by Crippen LogP contribution is -2.06. The van der Waals surface area contributed by atoms with E-state index in [0.717, 1.165) is 11.3 Å². The lowest BCUT2D eigenvalue weighted by molar-refractivity contribution is -0.384. The highest BCUT2D eigenvalue weighted by atomic mass is 79.9. The minimum atomic E-state index is -0.451. The third-order valence-corrected chi connectivity index (χ3v) is 3.75. The molecule has 1 N–H and O–H groups in total. The minimum Gasteiger partial charge on any atom is -0.497 e. The molecule has 0 aliphatic heterocycles. The Morgan fingerprint density at radius 3 is 2.62 bits per heavy atom. The molecule has 0 aliphatic carbocycles. The third kappa shape index (κ3) is 3.69. The molecule has 0 saturated carbocycles. The second kappa shape index (κ2) is 6.53. The molecule has 0 bridgehead atoms. The van der Waals surface area contributed by atoms with Crippen LogP contribution in [0.3, 0.4) is 0 Å². The van der Waals surface area contributed by atoms with Crippen molar-refractivity contribution in [3.8, 4) is 5.75 Å². The minimum absolute atomic E-state index is 0.0546. The van der Waals surface area contributed by atoms with Gasteiger partial charge in [0.25, 0.3) is 0 Å². The maximum absolute atomic E-state index is 11.1. The number of methoxy groups -OCH3 is 1. The second-order valence-corrected chi connectivity index (χ2v) is 5.24. The third-order valence-electron chi connectivity index (χ3n) is 2.95. The number of aromatic nitrogens is 1. The first-order valence-corrected chi connectivity index (χ1v) is 6.99. The number of nitro groups is 1. The Morgan fingerprint density at radius 2 is 2.05 bits per heavy atom. The van der Waals surface area contributed by atoms with Crippen LogP contribution >= 0.6 is 15.9 Å². The van der Waals surface area contributed by atoms with Gasteiger partial charge < -0.3 is 10.1 Å². The molecule has 110 valence electrons. The fourth-order valence-electron chi connectivity index (χ4n) is 1.77. The monoisotopic (exact) mass is 351 g/mol. The molecular formula is C14H14BrN3O3. The Hall–Kier alpha value is -2.15. The van der Waals surface area contributed by atoms with E-state index in [2.05, 4.69) is 26.2 Å². The number of pyridine rings is 1. The Labute approximate surface area is 130 Å². The van der Waals surface area contributed by atoms with Crippen LogP contribution in [0.25, 0.3) is 0 Å². The van der Waals surface area contributed by atoms with Crippen LogP contribution in [0.4, 0.5) is 11.5 Å². The molecule has 7 heteroatoms. The zero-order valence-electron chi connectivity index (χ0n) is 11.6. The molecule has 6 nitrogen and oxygen atoms in total. The summed E-state index contributed by atoms with van der Waals surface area (Å²) in [6.45, 7) is 2.23. The molecule has 1 heterocycles. The summed E-state index contributed by atoms with van der Waals surface area (Å²) in [5, 5.41) is 14.1. The van der Waals surface area contributed by atoms with Crippen molar-refractivity contribution in [2.45, 2.75) is 13.5 Å². The summed E-state index contributed by atoms with van der Waals surface area (Å²) < 4.78 is 5.70. The zero-order valence-corrected chi connectivity index (χ0v) is 13.2. The molecular weight excluding hydrogens is 338 g/mol. The van der Waals surface area contributed by atoms with Gasteiger partial charge in [-0.2, -0.15) is 0 Å². The summed E-state index contributed by atoms with van der Waals surface area (Å²) in [6, 6.07) is 8.92. The normalized spacial score (nSPS) is 10.2. The molecule has 0 aliphatic rings. The zero-order chi connectivity index (χ0) is 15.4. The molecule has 0 amide bonds. The molecule has 2 rings (SSSR count). The van der Waals surface area contributed by atoms with E-state index in [1.807, 2.05) is 24.3 Å². The number of nitrogens with zero attached hydrogens (tertiary/aromatic N) is 2. The SMILES string of the molecule is COc1ccc(CNc2nc(C)c(Br)cc2[N+](=O)[O-])cc1. The van der Waals surface area contributed by atoms with Crippen molar-refractivity contribution in [1.82, 2.24) is 4.98 Å². The summed E-state index contributed by atoms with van der Waals surface area (Å²) in [5.74, 6) is 1.03. The van der Waals surface area contributed by atoms with Gasteiger partial charge in [-0.05, 0) is 40.5 Å². The number of halogens is 1. The Kier molecular flexibility index (Phi) is 4.74. The van der Waals surface area contributed by atoms with Gasteiger partial charge in [-0.15, -0.1) is 0 Å². The van der Waals surface area contributed by atoms with Gasteiger partial charge in [0.15, 0.2) is 0 Å². The number of nitrogens with one attached hydrogen (secondary N) is 1. The molecule has 0 unspecified atom stereocenters. The molecule has 0 saturated heterocycles. The first-order chi connectivity index (χ1) is 10.0. The van der Waals surface area contributed by atoms with Crippen LogP contribution in [0, 0.1) is 17.0 Å². The van der Waals surface area contributed by atoms with Gasteiger partial charge in [0.1, 0.15) is 5.75 Å². The molecule has 21 heavy (non-hydrogen) atoms. The van der Waals surface area contributed by atoms with Gasteiger partial charge in [-0.3, -0.25) is 10.1 Å². The largest absolute Gasteiger partial charge is 0.497 e. The van der Waals surface area contributed by atoms with E-state index < -0.39 is 4.92 Å². The fourth-order valence-corrected chi connectivity index (χ4v) is 2.08. The Bertz CT molecular complexity index is 659. The highest BCUT2D eigenvalue weighted by Crippen LogP contribution is 2.28. The van der Waals surface area contributed by atoms with Crippen molar-refractivity contribution < 1.29 is 9.66 Å². The van der Waals surface area contributed by atoms with E-state index >= 15 is 0 Å². The summed E-state index contributed by atoms with van der Waals surface area (Å²) in [5.41, 5.74) is 1.62. The predicted octanol–water partition coefficient (Wildman–Crippen LogP) is 3.68. The number of aryl methyl sites for hydroxylation is 1. The molecule has 0 radical (unpaired) electrons. The van der Waals surface area contributed by atoms with Crippen molar-refractivity contribution in [3.05, 3.63) is 56.2 Å². The average molecular weight is 352 g/mol. The second-order valence-electron chi connectivity index (χ2n) is 4.38. The van der Waals surface area contributed by atoms with Crippen molar-refractivity contribution in [3.63, 3.8) is 0 Å². The van der Waals surface area contributed by atoms with Crippen LogP contribution in [0.2, 0.25) is 0 Å². The van der Waals surface area contributed by atoms with Crippen LogP contribution in [-0.4, -0.2) is 17.0 Å². The number of hydrogen-bond donors (Lipinski definition) is 1. The van der Waals surface area contributed by atoms with Gasteiger partial charge in [0, 0.05) is 17.1 Å². The Balaban J connectivity index is 2.18. The first-order valence-electron chi connectivity index (χ1n) is 6.19. The van der Waals surface area contributed by atoms with E-state index in [-0.39, 0.29) is 11.5 Å². The van der Waals surface area contributed by atoms with Gasteiger partial charge >= 0.3 is 5.69 Å². The fraction of sp³-hybridized carbons (Fsp3) is 0.214. The summed E-state index contributed by atoms with van der Waals surface area (Å²) in [7, 11) is 1.60. The lowest BCUT2D eigenvalue weighted by atomic mass is 10.2. The number of hydrogen-bond acceptors (Lipinski definition) is 5. The van der Waals surface area contributed by atoms with Crippen LogP contribution in [-0.2, 0) is 6.54 Å². The van der Waals surface area contributed by atoms with Crippen LogP contribution < -0.4 is 10.1 Å². The maximum Gasteiger partial charge on any atom is 0.312 e. The standard InChI is InChI=1S/C14H14BrN3O3/c1-9-12(15)7-13(18(19)20)14(17-9)16-8-10-3-5-11(21-2)6-4-10/h3-7H,8H2,1-2H3,(H,16,17). The van der Waals surface area contributed by atoms with Gasteiger partial charge in [-0.25, -0.2) is 4.98 Å². The number of ether oxygens (including phenoxy) is 1. The summed E-state index contributed by atoms with van der Waals surface area (Å²) >= 11 is 3.25. The van der Waals surface area contributed by atoms with Crippen LogP contribution in [0.5, 0.6) is 5.75 Å². The maximum atomic E-state index is 11.1. The average Bonchev–Trinajstić information content (AvgIpc) is 2.48. The van der Waals surface area contributed by atoms with Gasteiger partial charge in [0.2, 0.25) is 5.82 Å². The molecule has 0 atom stereocenters. The van der Waals surface area contributed by atoms with Crippen LogP contribution in [0.1, 0.15) is 11.3 Å². The topological polar surface area (TPSA) is 77.3 Å². The first kappa shape index (κ1) is 15.2. The van der Waals surface area contributed by atoms with Gasteiger partial charge in [-0.1, -0.05) is 12.1 Å². The van der Waals surface area contributed by atoms with Gasteiger partial charge in [0.05, 0.1) is 17.7 Å². The van der Waals surface area contributed by atoms with Crippen molar-refractivity contribution in [1.29, 1.82) is 0 Å². The van der Waals surface area contributed by atoms with Crippen molar-refractivity contribution in [2.24, 2.45) is 0 Å². The van der Waals surface area contributed by atoms with Crippen LogP contribution in [0.15, 0.2) is 34.8 Å². The lowest BCUT2D eigenvalue weighted by Gasteiger charge is -2.09. The highest BCUT2D eigenvalue weighted by Gasteiger charge is 2.17. The molecule has 0 fully saturated rings. The Morgan fingerprint density at radius 1 is 1.38 bits per heavy atom. The quantitative estimate of drug-likeness (QED) is 0.656. The van der Waals surface area contributed by atoms with Crippen molar-refractivity contribution in [2.75, 3.05) is 12.4 Å². The summed E-state index contributed by atoms with van der Waals surface area (Å²) in [4.78, 5) is 14.8. The number of anilines is 1. The number of benzene rings is 1. The predicted molar refractivity (Wildman–Crippen MR) is 83.6 cm³/mol. The van der Waals surface area contributed by atoms with Crippen molar-refractivity contribution >= 4 is 27.4 Å².